The molecule has 0 aliphatic rings. The van der Waals surface area contributed by atoms with Gasteiger partial charge in [-0.25, -0.2) is 13.3 Å². The van der Waals surface area contributed by atoms with E-state index in [1.165, 1.54) is 4.57 Å². The van der Waals surface area contributed by atoms with Crippen LogP contribution in [0.5, 0.6) is 0 Å². The third-order valence-corrected chi connectivity index (χ3v) is 2.46. The number of nitrogens with zero attached hydrogens (tertiary/aromatic N) is 2. The zero-order valence-corrected chi connectivity index (χ0v) is 9.59. The first kappa shape index (κ1) is 14.8. The Labute approximate surface area is 99.8 Å². The quantitative estimate of drug-likeness (QED) is 0.557. The van der Waals surface area contributed by atoms with Crippen molar-refractivity contribution < 1.29 is 30.9 Å². The Morgan fingerprint density at radius 1 is 1.22 bits per heavy atom. The number of hydrogen-bond donors (Lipinski definition) is 0. The van der Waals surface area contributed by atoms with Gasteiger partial charge in [0.25, 0.3) is 0 Å². The highest BCUT2D eigenvalue weighted by atomic mass is 19.3. The standard InChI is InChI=1S/C10H13F6N2/c1-2-3-4-17-5-6-18(7-17)10(15,16)9(13,14)8(11)12/h5-8H,2-4H2,1H3/q+1. The lowest BCUT2D eigenvalue weighted by molar-refractivity contribution is -0.697. The van der Waals surface area contributed by atoms with E-state index in [1.54, 1.807) is 0 Å². The van der Waals surface area contributed by atoms with E-state index < -0.39 is 18.4 Å². The molecule has 0 bridgehead atoms. The molecule has 0 amide bonds. The Bertz CT molecular complexity index is 387. The fourth-order valence-electron chi connectivity index (χ4n) is 1.34. The number of alkyl halides is 6. The molecule has 104 valence electrons. The van der Waals surface area contributed by atoms with Crippen LogP contribution in [-0.4, -0.2) is 16.9 Å². The summed E-state index contributed by atoms with van der Waals surface area (Å²) in [4.78, 5) is 0. The van der Waals surface area contributed by atoms with Gasteiger partial charge in [-0.15, -0.1) is 0 Å². The third-order valence-electron chi connectivity index (χ3n) is 2.46. The average Bonchev–Trinajstić information content (AvgIpc) is 2.74. The topological polar surface area (TPSA) is 8.81 Å². The number of halogens is 6. The van der Waals surface area contributed by atoms with Gasteiger partial charge in [-0.05, 0) is 6.42 Å². The minimum absolute atomic E-state index is 0.186. The number of hydrogen-bond acceptors (Lipinski definition) is 0. The highest BCUT2D eigenvalue weighted by Gasteiger charge is 2.68. The molecule has 8 heteroatoms. The van der Waals surface area contributed by atoms with Crippen molar-refractivity contribution >= 4 is 0 Å². The van der Waals surface area contributed by atoms with Gasteiger partial charge in [-0.3, -0.25) is 0 Å². The van der Waals surface area contributed by atoms with E-state index in [9.17, 15) is 26.3 Å². The first-order valence-corrected chi connectivity index (χ1v) is 5.34. The first-order valence-electron chi connectivity index (χ1n) is 5.34. The molecule has 0 unspecified atom stereocenters. The van der Waals surface area contributed by atoms with Gasteiger partial charge >= 0.3 is 18.4 Å². The third kappa shape index (κ3) is 2.62. The van der Waals surface area contributed by atoms with Crippen LogP contribution in [0.3, 0.4) is 0 Å². The predicted octanol–water partition coefficient (Wildman–Crippen LogP) is 3.03. The van der Waals surface area contributed by atoms with Gasteiger partial charge in [-0.1, -0.05) is 13.3 Å². The monoisotopic (exact) mass is 275 g/mol. The zero-order valence-electron chi connectivity index (χ0n) is 9.59. The van der Waals surface area contributed by atoms with E-state index in [1.807, 2.05) is 6.92 Å². The second-order valence-electron chi connectivity index (χ2n) is 3.88. The number of unbranched alkanes of at least 4 members (excludes halogenated alkanes) is 1. The molecular formula is C10H13F6N2+. The second kappa shape index (κ2) is 5.19. The maximum atomic E-state index is 13.2. The Hall–Kier alpha value is -1.21. The fraction of sp³-hybridized carbons (Fsp3) is 0.700. The van der Waals surface area contributed by atoms with Crippen LogP contribution in [0, 0.1) is 0 Å². The van der Waals surface area contributed by atoms with Gasteiger partial charge in [0, 0.05) is 0 Å². The van der Waals surface area contributed by atoms with Crippen molar-refractivity contribution in [1.82, 2.24) is 4.57 Å². The summed E-state index contributed by atoms with van der Waals surface area (Å²) in [7, 11) is 0. The van der Waals surface area contributed by atoms with E-state index in [-0.39, 0.29) is 4.57 Å². The fourth-order valence-corrected chi connectivity index (χ4v) is 1.34. The number of imidazole rings is 1. The Morgan fingerprint density at radius 2 is 1.83 bits per heavy atom. The van der Waals surface area contributed by atoms with Crippen LogP contribution in [0.2, 0.25) is 0 Å². The van der Waals surface area contributed by atoms with Crippen LogP contribution in [0.15, 0.2) is 18.7 Å². The molecule has 0 N–H and O–H groups in total. The molecule has 0 aliphatic heterocycles. The second-order valence-corrected chi connectivity index (χ2v) is 3.88. The van der Waals surface area contributed by atoms with E-state index in [4.69, 9.17) is 0 Å². The normalized spacial score (nSPS) is 13.3. The molecule has 1 aromatic heterocycles. The molecule has 0 atom stereocenters. The van der Waals surface area contributed by atoms with Crippen molar-refractivity contribution in [2.75, 3.05) is 0 Å². The van der Waals surface area contributed by atoms with Crippen LogP contribution >= 0.6 is 0 Å². The lowest BCUT2D eigenvalue weighted by atomic mass is 10.3. The minimum atomic E-state index is -5.41. The summed E-state index contributed by atoms with van der Waals surface area (Å²) < 4.78 is 76.9. The molecular weight excluding hydrogens is 262 g/mol. The molecule has 18 heavy (non-hydrogen) atoms. The molecule has 0 spiro atoms. The van der Waals surface area contributed by atoms with Gasteiger partial charge in [0.1, 0.15) is 12.4 Å². The van der Waals surface area contributed by atoms with E-state index in [0.717, 1.165) is 12.6 Å². The van der Waals surface area contributed by atoms with E-state index in [2.05, 4.69) is 0 Å². The minimum Gasteiger partial charge on any atom is -0.237 e. The number of aryl methyl sites for hydroxylation is 1. The van der Waals surface area contributed by atoms with Crippen LogP contribution in [0.1, 0.15) is 19.8 Å². The molecule has 1 heterocycles. The summed E-state index contributed by atoms with van der Waals surface area (Å²) in [6.45, 7) is 2.23. The lowest BCUT2D eigenvalue weighted by Crippen LogP contribution is -2.48. The van der Waals surface area contributed by atoms with Crippen molar-refractivity contribution in [1.29, 1.82) is 0 Å². The Morgan fingerprint density at radius 3 is 2.33 bits per heavy atom. The molecule has 1 rings (SSSR count). The molecule has 0 fully saturated rings. The SMILES string of the molecule is CCCC[n+]1ccn(C(F)(F)C(F)(F)C(F)F)c1. The first-order chi connectivity index (χ1) is 8.23. The van der Waals surface area contributed by atoms with Gasteiger partial charge in [0.2, 0.25) is 6.33 Å². The molecule has 1 aromatic rings. The Balaban J connectivity index is 2.94. The molecule has 0 aromatic carbocycles. The van der Waals surface area contributed by atoms with Crippen molar-refractivity contribution in [3.63, 3.8) is 0 Å². The number of aromatic nitrogens is 2. The predicted molar refractivity (Wildman–Crippen MR) is 50.7 cm³/mol. The summed E-state index contributed by atoms with van der Waals surface area (Å²) in [6, 6.07) is -4.96. The molecule has 0 saturated heterocycles. The summed E-state index contributed by atoms with van der Waals surface area (Å²) in [5, 5.41) is 0. The molecule has 0 saturated carbocycles. The van der Waals surface area contributed by atoms with Crippen molar-refractivity contribution in [3.8, 4) is 0 Å². The van der Waals surface area contributed by atoms with E-state index in [0.29, 0.717) is 25.5 Å². The van der Waals surface area contributed by atoms with Crippen molar-refractivity contribution in [3.05, 3.63) is 18.7 Å². The van der Waals surface area contributed by atoms with Gasteiger partial charge in [0.15, 0.2) is 0 Å². The summed E-state index contributed by atoms with van der Waals surface area (Å²) in [5.74, 6) is -5.41. The molecule has 2 nitrogen and oxygen atoms in total. The van der Waals surface area contributed by atoms with Crippen molar-refractivity contribution in [2.24, 2.45) is 0 Å². The van der Waals surface area contributed by atoms with Crippen LogP contribution in [0.4, 0.5) is 26.3 Å². The highest BCUT2D eigenvalue weighted by Crippen LogP contribution is 2.42. The maximum absolute atomic E-state index is 13.2. The maximum Gasteiger partial charge on any atom is 0.468 e. The van der Waals surface area contributed by atoms with Crippen LogP contribution in [-0.2, 0) is 12.6 Å². The molecule has 0 aliphatic carbocycles. The van der Waals surface area contributed by atoms with Crippen LogP contribution < -0.4 is 4.57 Å². The highest BCUT2D eigenvalue weighted by molar-refractivity contribution is 4.87. The smallest absolute Gasteiger partial charge is 0.237 e. The summed E-state index contributed by atoms with van der Waals surface area (Å²) in [5.41, 5.74) is 0. The average molecular weight is 275 g/mol. The summed E-state index contributed by atoms with van der Waals surface area (Å²) >= 11 is 0. The lowest BCUT2D eigenvalue weighted by Gasteiger charge is -2.21. The largest absolute Gasteiger partial charge is 0.468 e. The molecule has 0 radical (unpaired) electrons. The zero-order chi connectivity index (χ0) is 14.0. The van der Waals surface area contributed by atoms with Gasteiger partial charge in [0.05, 0.1) is 6.54 Å². The van der Waals surface area contributed by atoms with Gasteiger partial charge < -0.3 is 0 Å². The summed E-state index contributed by atoms with van der Waals surface area (Å²) in [6.07, 6.45) is -0.463. The van der Waals surface area contributed by atoms with E-state index >= 15 is 0 Å². The van der Waals surface area contributed by atoms with Crippen molar-refractivity contribution in [2.45, 2.75) is 44.7 Å². The van der Waals surface area contributed by atoms with Gasteiger partial charge in [-0.2, -0.15) is 22.1 Å². The number of rotatable bonds is 6. The van der Waals surface area contributed by atoms with Crippen LogP contribution in [0.25, 0.3) is 0 Å². The Kier molecular flexibility index (Phi) is 4.28.